The maximum atomic E-state index is 12.1. The van der Waals surface area contributed by atoms with Crippen molar-refractivity contribution in [1.82, 2.24) is 0 Å². The molecule has 0 unspecified atom stereocenters. The lowest BCUT2D eigenvalue weighted by Crippen LogP contribution is -2.10. The Labute approximate surface area is 148 Å². The Morgan fingerprint density at radius 1 is 1.14 bits per heavy atom. The molecule has 114 valence electrons. The highest BCUT2D eigenvalue weighted by atomic mass is 79.9. The molecule has 0 saturated heterocycles. The van der Waals surface area contributed by atoms with Crippen LogP contribution in [0.5, 0.6) is 0 Å². The van der Waals surface area contributed by atoms with Gasteiger partial charge in [-0.05, 0) is 60.9 Å². The van der Waals surface area contributed by atoms with Gasteiger partial charge in [0.15, 0.2) is 0 Å². The van der Waals surface area contributed by atoms with Crippen molar-refractivity contribution in [3.63, 3.8) is 0 Å². The van der Waals surface area contributed by atoms with Crippen LogP contribution < -0.4 is 5.32 Å². The molecule has 2 nitrogen and oxygen atoms in total. The number of halogens is 3. The maximum absolute atomic E-state index is 12.1. The van der Waals surface area contributed by atoms with Crippen LogP contribution in [-0.2, 0) is 4.79 Å². The summed E-state index contributed by atoms with van der Waals surface area (Å²) in [5.74, 6) is -0.209. The zero-order chi connectivity index (χ0) is 16.3. The monoisotopic (exact) mass is 397 g/mol. The molecule has 1 N–H and O–H groups in total. The minimum atomic E-state index is -0.209. The molecule has 0 aliphatic carbocycles. The van der Waals surface area contributed by atoms with Gasteiger partial charge in [0, 0.05) is 26.3 Å². The quantitative estimate of drug-likeness (QED) is 0.628. The number of carbonyl (C=O) groups is 1. The van der Waals surface area contributed by atoms with E-state index in [0.717, 1.165) is 26.9 Å². The molecule has 0 saturated carbocycles. The van der Waals surface area contributed by atoms with Crippen LogP contribution in [0.4, 0.5) is 5.69 Å². The molecule has 0 aliphatic rings. The fourth-order valence-electron chi connectivity index (χ4n) is 2.07. The summed E-state index contributed by atoms with van der Waals surface area (Å²) in [7, 11) is 0. The Morgan fingerprint density at radius 2 is 1.77 bits per heavy atom. The Bertz CT molecular complexity index is 733. The second kappa shape index (κ2) is 7.32. The van der Waals surface area contributed by atoms with Gasteiger partial charge in [0.2, 0.25) is 5.91 Å². The topological polar surface area (TPSA) is 29.1 Å². The Morgan fingerprint density at radius 3 is 2.36 bits per heavy atom. The van der Waals surface area contributed by atoms with Crippen LogP contribution in [0.3, 0.4) is 0 Å². The van der Waals surface area contributed by atoms with Gasteiger partial charge in [-0.1, -0.05) is 45.2 Å². The van der Waals surface area contributed by atoms with E-state index in [9.17, 15) is 4.79 Å². The number of carbonyl (C=O) groups excluding carboxylic acids is 1. The van der Waals surface area contributed by atoms with Crippen LogP contribution in [0.15, 0.2) is 40.9 Å². The van der Waals surface area contributed by atoms with E-state index in [2.05, 4.69) is 21.2 Å². The zero-order valence-corrected chi connectivity index (χ0v) is 15.2. The molecule has 0 heterocycles. The van der Waals surface area contributed by atoms with Gasteiger partial charge in [0.05, 0.1) is 0 Å². The second-order valence-electron chi connectivity index (χ2n) is 4.90. The smallest absolute Gasteiger partial charge is 0.248 e. The van der Waals surface area contributed by atoms with E-state index in [1.165, 1.54) is 6.08 Å². The largest absolute Gasteiger partial charge is 0.322 e. The van der Waals surface area contributed by atoms with Crippen LogP contribution >= 0.6 is 39.1 Å². The first-order chi connectivity index (χ1) is 10.4. The molecule has 22 heavy (non-hydrogen) atoms. The third kappa shape index (κ3) is 4.35. The van der Waals surface area contributed by atoms with E-state index in [-0.39, 0.29) is 5.91 Å². The molecule has 0 aliphatic heterocycles. The van der Waals surface area contributed by atoms with E-state index >= 15 is 0 Å². The summed E-state index contributed by atoms with van der Waals surface area (Å²) in [6.07, 6.45) is 3.12. The van der Waals surface area contributed by atoms with Crippen molar-refractivity contribution < 1.29 is 4.79 Å². The molecule has 0 radical (unpaired) electrons. The highest BCUT2D eigenvalue weighted by Crippen LogP contribution is 2.25. The lowest BCUT2D eigenvalue weighted by atomic mass is 10.1. The first-order valence-electron chi connectivity index (χ1n) is 6.57. The normalized spacial score (nSPS) is 11.0. The summed E-state index contributed by atoms with van der Waals surface area (Å²) in [6, 6.07) is 9.06. The van der Waals surface area contributed by atoms with Crippen molar-refractivity contribution in [3.8, 4) is 0 Å². The lowest BCUT2D eigenvalue weighted by molar-refractivity contribution is -0.111. The molecule has 0 fully saturated rings. The zero-order valence-electron chi connectivity index (χ0n) is 12.1. The van der Waals surface area contributed by atoms with Crippen molar-refractivity contribution in [2.24, 2.45) is 0 Å². The van der Waals surface area contributed by atoms with Crippen LogP contribution in [0.2, 0.25) is 10.0 Å². The summed E-state index contributed by atoms with van der Waals surface area (Å²) < 4.78 is 0.990. The average molecular weight is 399 g/mol. The molecule has 2 aromatic carbocycles. The van der Waals surface area contributed by atoms with Crippen LogP contribution in [0.25, 0.3) is 6.08 Å². The number of rotatable bonds is 3. The van der Waals surface area contributed by atoms with Crippen LogP contribution in [0.1, 0.15) is 16.7 Å². The van der Waals surface area contributed by atoms with Gasteiger partial charge in [-0.3, -0.25) is 4.79 Å². The van der Waals surface area contributed by atoms with Crippen molar-refractivity contribution in [2.45, 2.75) is 13.8 Å². The lowest BCUT2D eigenvalue weighted by Gasteiger charge is -2.11. The van der Waals surface area contributed by atoms with Gasteiger partial charge >= 0.3 is 0 Å². The van der Waals surface area contributed by atoms with E-state index in [1.54, 1.807) is 24.3 Å². The second-order valence-corrected chi connectivity index (χ2v) is 6.66. The third-order valence-electron chi connectivity index (χ3n) is 3.12. The molecule has 1 amide bonds. The highest BCUT2D eigenvalue weighted by Gasteiger charge is 2.07. The summed E-state index contributed by atoms with van der Waals surface area (Å²) in [6.45, 7) is 3.90. The third-order valence-corrected chi connectivity index (χ3v) is 4.14. The first kappa shape index (κ1) is 17.1. The minimum absolute atomic E-state index is 0.209. The number of hydrogen-bond donors (Lipinski definition) is 1. The predicted molar refractivity (Wildman–Crippen MR) is 97.7 cm³/mol. The van der Waals surface area contributed by atoms with E-state index in [0.29, 0.717) is 10.0 Å². The molecular formula is C17H14BrCl2NO. The number of hydrogen-bond acceptors (Lipinski definition) is 1. The van der Waals surface area contributed by atoms with E-state index in [4.69, 9.17) is 23.2 Å². The van der Waals surface area contributed by atoms with Crippen molar-refractivity contribution in [1.29, 1.82) is 0 Å². The summed E-state index contributed by atoms with van der Waals surface area (Å²) >= 11 is 15.3. The Hall–Kier alpha value is -1.29. The number of aryl methyl sites for hydroxylation is 2. The molecule has 2 rings (SSSR count). The average Bonchev–Trinajstić information content (AvgIpc) is 2.42. The standard InChI is InChI=1S/C17H14BrCl2NO/c1-10-7-13(18)8-11(2)17(10)21-16(22)6-4-12-3-5-14(19)9-15(12)20/h3-9H,1-2H3,(H,21,22)/b6-4+. The number of amides is 1. The summed E-state index contributed by atoms with van der Waals surface area (Å²) in [4.78, 5) is 12.1. The van der Waals surface area contributed by atoms with Gasteiger partial charge in [0.1, 0.15) is 0 Å². The van der Waals surface area contributed by atoms with Crippen molar-refractivity contribution in [2.75, 3.05) is 5.32 Å². The fraction of sp³-hybridized carbons (Fsp3) is 0.118. The van der Waals surface area contributed by atoms with Gasteiger partial charge in [-0.2, -0.15) is 0 Å². The van der Waals surface area contributed by atoms with Gasteiger partial charge in [-0.25, -0.2) is 0 Å². The van der Waals surface area contributed by atoms with Gasteiger partial charge in [0.25, 0.3) is 0 Å². The van der Waals surface area contributed by atoms with Gasteiger partial charge < -0.3 is 5.32 Å². The minimum Gasteiger partial charge on any atom is -0.322 e. The molecule has 0 spiro atoms. The van der Waals surface area contributed by atoms with Crippen molar-refractivity contribution in [3.05, 3.63) is 67.6 Å². The summed E-state index contributed by atoms with van der Waals surface area (Å²) in [5.41, 5.74) is 3.56. The molecule has 0 bridgehead atoms. The first-order valence-corrected chi connectivity index (χ1v) is 8.12. The van der Waals surface area contributed by atoms with Crippen LogP contribution in [0, 0.1) is 13.8 Å². The maximum Gasteiger partial charge on any atom is 0.248 e. The molecular weight excluding hydrogens is 385 g/mol. The predicted octanol–water partition coefficient (Wildman–Crippen LogP) is 6.02. The Kier molecular flexibility index (Phi) is 5.68. The Balaban J connectivity index is 2.15. The fourth-order valence-corrected chi connectivity index (χ4v) is 3.23. The molecule has 0 aromatic heterocycles. The molecule has 0 atom stereocenters. The van der Waals surface area contributed by atoms with Gasteiger partial charge in [-0.15, -0.1) is 0 Å². The number of benzene rings is 2. The van der Waals surface area contributed by atoms with E-state index < -0.39 is 0 Å². The van der Waals surface area contributed by atoms with Crippen molar-refractivity contribution >= 4 is 56.8 Å². The summed E-state index contributed by atoms with van der Waals surface area (Å²) in [5, 5.41) is 3.96. The van der Waals surface area contributed by atoms with Crippen LogP contribution in [-0.4, -0.2) is 5.91 Å². The number of nitrogens with one attached hydrogen (secondary N) is 1. The van der Waals surface area contributed by atoms with E-state index in [1.807, 2.05) is 26.0 Å². The molecule has 5 heteroatoms. The SMILES string of the molecule is Cc1cc(Br)cc(C)c1NC(=O)/C=C/c1ccc(Cl)cc1Cl. The highest BCUT2D eigenvalue weighted by molar-refractivity contribution is 9.10. The number of anilines is 1. The molecule has 2 aromatic rings.